The highest BCUT2D eigenvalue weighted by atomic mass is 16.3. The smallest absolute Gasteiger partial charge is 0.126 e. The molecule has 0 saturated heterocycles. The summed E-state index contributed by atoms with van der Waals surface area (Å²) >= 11 is 0. The lowest BCUT2D eigenvalue weighted by Crippen LogP contribution is -2.01. The van der Waals surface area contributed by atoms with Crippen molar-refractivity contribution in [2.75, 3.05) is 0 Å². The van der Waals surface area contributed by atoms with Crippen LogP contribution < -0.4 is 0 Å². The summed E-state index contributed by atoms with van der Waals surface area (Å²) in [5, 5.41) is 52.6. The van der Waals surface area contributed by atoms with Gasteiger partial charge in [-0.25, -0.2) is 0 Å². The molecule has 0 saturated carbocycles. The molecule has 4 rings (SSSR count). The van der Waals surface area contributed by atoms with Crippen molar-refractivity contribution in [1.29, 1.82) is 0 Å². The third kappa shape index (κ3) is 5.10. The second kappa shape index (κ2) is 9.86. The zero-order valence-electron chi connectivity index (χ0n) is 21.1. The standard InChI is InChI=1S/C31H32O5/c1-17-9-21(5-7-27(17)32)13-24-16-25(14-22-6-8-28(33)18(2)10-22)31(36)26(30(24)35)15-23-11-19(3)29(34)20(4)12-23/h5-12,16,32-36H,13-15H2,1-4H3. The Morgan fingerprint density at radius 2 is 0.861 bits per heavy atom. The molecule has 0 radical (unpaired) electrons. The topological polar surface area (TPSA) is 101 Å². The fourth-order valence-electron chi connectivity index (χ4n) is 4.73. The summed E-state index contributed by atoms with van der Waals surface area (Å²) in [5.74, 6) is 0.748. The van der Waals surface area contributed by atoms with Gasteiger partial charge >= 0.3 is 0 Å². The lowest BCUT2D eigenvalue weighted by molar-refractivity contribution is 0.433. The molecule has 0 bridgehead atoms. The van der Waals surface area contributed by atoms with Gasteiger partial charge in [0.2, 0.25) is 0 Å². The molecule has 0 fully saturated rings. The molecule has 0 aliphatic carbocycles. The van der Waals surface area contributed by atoms with Gasteiger partial charge in [0.15, 0.2) is 0 Å². The maximum absolute atomic E-state index is 11.3. The van der Waals surface area contributed by atoms with Crippen molar-refractivity contribution in [1.82, 2.24) is 0 Å². The quantitative estimate of drug-likeness (QED) is 0.224. The minimum absolute atomic E-state index is 0.0345. The van der Waals surface area contributed by atoms with E-state index in [1.807, 2.05) is 70.2 Å². The van der Waals surface area contributed by atoms with Gasteiger partial charge in [0, 0.05) is 24.8 Å². The first-order valence-corrected chi connectivity index (χ1v) is 11.9. The molecule has 5 N–H and O–H groups in total. The van der Waals surface area contributed by atoms with Crippen molar-refractivity contribution < 1.29 is 25.5 Å². The van der Waals surface area contributed by atoms with Gasteiger partial charge in [-0.3, -0.25) is 0 Å². The van der Waals surface area contributed by atoms with E-state index in [-0.39, 0.29) is 28.7 Å². The number of aromatic hydroxyl groups is 5. The second-order valence-electron chi connectivity index (χ2n) is 9.72. The van der Waals surface area contributed by atoms with E-state index in [4.69, 9.17) is 0 Å². The molecule has 0 amide bonds. The van der Waals surface area contributed by atoms with E-state index in [0.29, 0.717) is 36.0 Å². The van der Waals surface area contributed by atoms with E-state index < -0.39 is 0 Å². The molecule has 0 aliphatic rings. The van der Waals surface area contributed by atoms with E-state index in [1.54, 1.807) is 12.1 Å². The van der Waals surface area contributed by atoms with Gasteiger partial charge in [-0.15, -0.1) is 0 Å². The van der Waals surface area contributed by atoms with E-state index in [0.717, 1.165) is 38.9 Å². The van der Waals surface area contributed by atoms with Crippen LogP contribution in [0.15, 0.2) is 54.6 Å². The number of benzene rings is 4. The van der Waals surface area contributed by atoms with E-state index in [1.165, 1.54) is 0 Å². The van der Waals surface area contributed by atoms with Gasteiger partial charge in [-0.05, 0) is 96.0 Å². The summed E-state index contributed by atoms with van der Waals surface area (Å²) in [6, 6.07) is 16.3. The van der Waals surface area contributed by atoms with Crippen LogP contribution in [-0.2, 0) is 19.3 Å². The van der Waals surface area contributed by atoms with Gasteiger partial charge < -0.3 is 25.5 Å². The predicted molar refractivity (Wildman–Crippen MR) is 141 cm³/mol. The minimum atomic E-state index is 0.0345. The van der Waals surface area contributed by atoms with Crippen LogP contribution in [0.3, 0.4) is 0 Å². The highest BCUT2D eigenvalue weighted by Crippen LogP contribution is 2.39. The van der Waals surface area contributed by atoms with Crippen LogP contribution in [0, 0.1) is 27.7 Å². The molecule has 5 heteroatoms. The van der Waals surface area contributed by atoms with Crippen LogP contribution >= 0.6 is 0 Å². The molecule has 0 heterocycles. The molecule has 0 aliphatic heterocycles. The molecule has 0 unspecified atom stereocenters. The van der Waals surface area contributed by atoms with Gasteiger partial charge in [0.05, 0.1) is 0 Å². The van der Waals surface area contributed by atoms with Crippen LogP contribution in [0.5, 0.6) is 28.7 Å². The second-order valence-corrected chi connectivity index (χ2v) is 9.72. The summed E-state index contributed by atoms with van der Waals surface area (Å²) in [7, 11) is 0. The molecule has 0 atom stereocenters. The normalized spacial score (nSPS) is 11.1. The van der Waals surface area contributed by atoms with Crippen molar-refractivity contribution in [3.63, 3.8) is 0 Å². The lowest BCUT2D eigenvalue weighted by Gasteiger charge is -2.18. The molecule has 0 spiro atoms. The zero-order valence-corrected chi connectivity index (χ0v) is 21.1. The Morgan fingerprint density at radius 3 is 1.28 bits per heavy atom. The Hall–Kier alpha value is -4.12. The van der Waals surface area contributed by atoms with Gasteiger partial charge in [-0.1, -0.05) is 36.4 Å². The summed E-state index contributed by atoms with van der Waals surface area (Å²) in [6.45, 7) is 7.31. The van der Waals surface area contributed by atoms with E-state index in [2.05, 4.69) is 0 Å². The Bertz CT molecular complexity index is 1350. The molecule has 5 nitrogen and oxygen atoms in total. The molecule has 4 aromatic carbocycles. The fraction of sp³-hybridized carbons (Fsp3) is 0.226. The summed E-state index contributed by atoms with van der Waals surface area (Å²) < 4.78 is 0. The van der Waals surface area contributed by atoms with Crippen molar-refractivity contribution in [2.45, 2.75) is 47.0 Å². The van der Waals surface area contributed by atoms with Crippen molar-refractivity contribution in [3.05, 3.63) is 110 Å². The van der Waals surface area contributed by atoms with Gasteiger partial charge in [0.25, 0.3) is 0 Å². The Balaban J connectivity index is 1.81. The van der Waals surface area contributed by atoms with E-state index in [9.17, 15) is 25.5 Å². The van der Waals surface area contributed by atoms with Gasteiger partial charge in [-0.2, -0.15) is 0 Å². The molecular formula is C31H32O5. The summed E-state index contributed by atoms with van der Waals surface area (Å²) in [4.78, 5) is 0. The zero-order chi connectivity index (χ0) is 26.1. The van der Waals surface area contributed by atoms with Crippen LogP contribution in [0.4, 0.5) is 0 Å². The first kappa shape index (κ1) is 25.0. The highest BCUT2D eigenvalue weighted by molar-refractivity contribution is 5.58. The van der Waals surface area contributed by atoms with Crippen molar-refractivity contribution in [2.24, 2.45) is 0 Å². The average molecular weight is 485 g/mol. The molecule has 4 aromatic rings. The van der Waals surface area contributed by atoms with Crippen molar-refractivity contribution in [3.8, 4) is 28.7 Å². The molecule has 36 heavy (non-hydrogen) atoms. The maximum Gasteiger partial charge on any atom is 0.126 e. The SMILES string of the molecule is Cc1cc(Cc2cc(Cc3ccc(O)c(C)c3)c(O)c(Cc3cc(C)c(O)c(C)c3)c2O)ccc1O. The first-order chi connectivity index (χ1) is 17.0. The monoisotopic (exact) mass is 484 g/mol. The van der Waals surface area contributed by atoms with Crippen LogP contribution in [0.1, 0.15) is 55.6 Å². The lowest BCUT2D eigenvalue weighted by atomic mass is 9.90. The van der Waals surface area contributed by atoms with Crippen LogP contribution in [0.25, 0.3) is 0 Å². The number of phenols is 5. The molecule has 0 aromatic heterocycles. The average Bonchev–Trinajstić information content (AvgIpc) is 2.83. The third-order valence-electron chi connectivity index (χ3n) is 6.77. The molecular weight excluding hydrogens is 452 g/mol. The van der Waals surface area contributed by atoms with Crippen LogP contribution in [-0.4, -0.2) is 25.5 Å². The van der Waals surface area contributed by atoms with Gasteiger partial charge in [0.1, 0.15) is 28.7 Å². The van der Waals surface area contributed by atoms with Crippen molar-refractivity contribution >= 4 is 0 Å². The number of hydrogen-bond donors (Lipinski definition) is 5. The third-order valence-corrected chi connectivity index (χ3v) is 6.77. The van der Waals surface area contributed by atoms with Crippen LogP contribution in [0.2, 0.25) is 0 Å². The number of phenolic OH excluding ortho intramolecular Hbond substituents is 5. The summed E-state index contributed by atoms with van der Waals surface area (Å²) in [5.41, 5.74) is 7.48. The number of rotatable bonds is 6. The molecule has 186 valence electrons. The first-order valence-electron chi connectivity index (χ1n) is 11.9. The Kier molecular flexibility index (Phi) is 6.84. The Labute approximate surface area is 211 Å². The minimum Gasteiger partial charge on any atom is -0.508 e. The van der Waals surface area contributed by atoms with E-state index >= 15 is 0 Å². The Morgan fingerprint density at radius 1 is 0.444 bits per heavy atom. The largest absolute Gasteiger partial charge is 0.508 e. The number of hydrogen-bond acceptors (Lipinski definition) is 5. The fourth-order valence-corrected chi connectivity index (χ4v) is 4.73. The maximum atomic E-state index is 11.3. The predicted octanol–water partition coefficient (Wildman–Crippen LogP) is 6.22. The number of aryl methyl sites for hydroxylation is 4. The summed E-state index contributed by atoms with van der Waals surface area (Å²) in [6.07, 6.45) is 1.15. The highest BCUT2D eigenvalue weighted by Gasteiger charge is 2.19.